The summed E-state index contributed by atoms with van der Waals surface area (Å²) in [5.74, 6) is 0.364. The molecular weight excluding hydrogens is 250 g/mol. The van der Waals surface area contributed by atoms with E-state index in [1.165, 1.54) is 0 Å². The normalized spacial score (nSPS) is 12.6. The molecule has 0 heterocycles. The molecule has 0 saturated carbocycles. The number of phenols is 1. The Labute approximate surface area is 109 Å². The van der Waals surface area contributed by atoms with Gasteiger partial charge in [0.25, 0.3) is 0 Å². The molecule has 0 amide bonds. The monoisotopic (exact) mass is 271 g/mol. The van der Waals surface area contributed by atoms with Crippen LogP contribution in [0.2, 0.25) is 0 Å². The summed E-state index contributed by atoms with van der Waals surface area (Å²) >= 11 is 0. The van der Waals surface area contributed by atoms with Crippen LogP contribution in [0.5, 0.6) is 5.75 Å². The van der Waals surface area contributed by atoms with Crippen LogP contribution < -0.4 is 5.32 Å². The minimum Gasteiger partial charge on any atom is -0.508 e. The van der Waals surface area contributed by atoms with Gasteiger partial charge in [0.1, 0.15) is 5.75 Å². The predicted molar refractivity (Wildman–Crippen MR) is 73.4 cm³/mol. The van der Waals surface area contributed by atoms with Crippen molar-refractivity contribution in [2.24, 2.45) is 0 Å². The van der Waals surface area contributed by atoms with E-state index in [9.17, 15) is 8.42 Å². The molecule has 0 bridgehead atoms. The summed E-state index contributed by atoms with van der Waals surface area (Å²) in [4.78, 5) is 0. The minimum absolute atomic E-state index is 0.134. The molecule has 1 aromatic rings. The van der Waals surface area contributed by atoms with Gasteiger partial charge in [-0.25, -0.2) is 8.42 Å². The molecule has 0 unspecified atom stereocenters. The van der Waals surface area contributed by atoms with Gasteiger partial charge in [-0.15, -0.1) is 0 Å². The van der Waals surface area contributed by atoms with E-state index in [2.05, 4.69) is 5.32 Å². The highest BCUT2D eigenvalue weighted by Crippen LogP contribution is 2.15. The fourth-order valence-corrected chi connectivity index (χ4v) is 2.38. The molecule has 2 N–H and O–H groups in total. The number of sulfone groups is 1. The van der Waals surface area contributed by atoms with Gasteiger partial charge in [-0.1, -0.05) is 12.1 Å². The molecule has 0 aromatic heterocycles. The SMILES string of the molecule is CC(C)(C)S(=O)(=O)CCNCc1ccc(O)cc1. The van der Waals surface area contributed by atoms with Gasteiger partial charge in [0.05, 0.1) is 10.5 Å². The Bertz CT molecular complexity index is 472. The predicted octanol–water partition coefficient (Wildman–Crippen LogP) is 1.70. The van der Waals surface area contributed by atoms with Gasteiger partial charge in [-0.2, -0.15) is 0 Å². The zero-order valence-corrected chi connectivity index (χ0v) is 11.9. The number of hydrogen-bond donors (Lipinski definition) is 2. The average Bonchev–Trinajstić information content (AvgIpc) is 2.25. The van der Waals surface area contributed by atoms with Gasteiger partial charge in [-0.05, 0) is 38.5 Å². The number of hydrogen-bond acceptors (Lipinski definition) is 4. The molecular formula is C13H21NO3S. The van der Waals surface area contributed by atoms with Gasteiger partial charge in [-0.3, -0.25) is 0 Å². The van der Waals surface area contributed by atoms with E-state index in [1.807, 2.05) is 0 Å². The summed E-state index contributed by atoms with van der Waals surface area (Å²) in [6.07, 6.45) is 0. The Hall–Kier alpha value is -1.07. The summed E-state index contributed by atoms with van der Waals surface area (Å²) in [6.45, 7) is 6.16. The summed E-state index contributed by atoms with van der Waals surface area (Å²) < 4.78 is 23.0. The van der Waals surface area contributed by atoms with Crippen molar-refractivity contribution >= 4 is 9.84 Å². The lowest BCUT2D eigenvalue weighted by Gasteiger charge is -2.19. The van der Waals surface area contributed by atoms with Crippen molar-refractivity contribution in [1.82, 2.24) is 5.32 Å². The summed E-state index contributed by atoms with van der Waals surface area (Å²) in [6, 6.07) is 6.84. The standard InChI is InChI=1S/C13H21NO3S/c1-13(2,3)18(16,17)9-8-14-10-11-4-6-12(15)7-5-11/h4-7,14-15H,8-10H2,1-3H3. The maximum Gasteiger partial charge on any atom is 0.156 e. The van der Waals surface area contributed by atoms with Crippen LogP contribution in [-0.4, -0.2) is 30.6 Å². The second-order valence-electron chi connectivity index (χ2n) is 5.27. The van der Waals surface area contributed by atoms with Crippen LogP contribution in [0.25, 0.3) is 0 Å². The Balaban J connectivity index is 2.38. The molecule has 5 heteroatoms. The Kier molecular flexibility index (Phi) is 4.76. The molecule has 0 aliphatic carbocycles. The van der Waals surface area contributed by atoms with E-state index < -0.39 is 14.6 Å². The van der Waals surface area contributed by atoms with Crippen molar-refractivity contribution < 1.29 is 13.5 Å². The van der Waals surface area contributed by atoms with Gasteiger partial charge in [0.15, 0.2) is 9.84 Å². The Morgan fingerprint density at radius 3 is 2.22 bits per heavy atom. The van der Waals surface area contributed by atoms with Crippen LogP contribution in [0.1, 0.15) is 26.3 Å². The third-order valence-electron chi connectivity index (χ3n) is 2.75. The first-order chi connectivity index (χ1) is 8.22. The quantitative estimate of drug-likeness (QED) is 0.800. The summed E-state index contributed by atoms with van der Waals surface area (Å²) in [5, 5.41) is 12.2. The van der Waals surface area contributed by atoms with Crippen molar-refractivity contribution in [3.63, 3.8) is 0 Å². The number of phenolic OH excluding ortho intramolecular Hbond substituents is 1. The lowest BCUT2D eigenvalue weighted by Crippen LogP contribution is -2.34. The smallest absolute Gasteiger partial charge is 0.156 e. The zero-order chi connectivity index (χ0) is 13.8. The average molecular weight is 271 g/mol. The van der Waals surface area contributed by atoms with Crippen molar-refractivity contribution in [1.29, 1.82) is 0 Å². The maximum absolute atomic E-state index is 11.8. The van der Waals surface area contributed by atoms with Crippen LogP contribution in [-0.2, 0) is 16.4 Å². The first-order valence-corrected chi connectivity index (χ1v) is 7.58. The van der Waals surface area contributed by atoms with Crippen LogP contribution >= 0.6 is 0 Å². The fraction of sp³-hybridized carbons (Fsp3) is 0.538. The molecule has 0 atom stereocenters. The van der Waals surface area contributed by atoms with E-state index in [0.717, 1.165) is 5.56 Å². The minimum atomic E-state index is -3.06. The lowest BCUT2D eigenvalue weighted by molar-refractivity contribution is 0.475. The number of aromatic hydroxyl groups is 1. The second-order valence-corrected chi connectivity index (χ2v) is 8.14. The number of nitrogens with one attached hydrogen (secondary N) is 1. The topological polar surface area (TPSA) is 66.4 Å². The summed E-state index contributed by atoms with van der Waals surface area (Å²) in [5.41, 5.74) is 1.01. The van der Waals surface area contributed by atoms with Gasteiger partial charge < -0.3 is 10.4 Å². The van der Waals surface area contributed by atoms with Crippen LogP contribution in [0, 0.1) is 0 Å². The number of benzene rings is 1. The molecule has 0 aliphatic heterocycles. The van der Waals surface area contributed by atoms with Gasteiger partial charge in [0.2, 0.25) is 0 Å². The first-order valence-electron chi connectivity index (χ1n) is 5.93. The van der Waals surface area contributed by atoms with E-state index in [-0.39, 0.29) is 11.5 Å². The van der Waals surface area contributed by atoms with Crippen LogP contribution in [0.3, 0.4) is 0 Å². The molecule has 0 saturated heterocycles. The highest BCUT2D eigenvalue weighted by molar-refractivity contribution is 7.92. The van der Waals surface area contributed by atoms with Crippen molar-refractivity contribution in [3.05, 3.63) is 29.8 Å². The molecule has 1 aromatic carbocycles. The second kappa shape index (κ2) is 5.71. The Morgan fingerprint density at radius 1 is 1.17 bits per heavy atom. The lowest BCUT2D eigenvalue weighted by atomic mass is 10.2. The molecule has 4 nitrogen and oxygen atoms in total. The van der Waals surface area contributed by atoms with E-state index in [1.54, 1.807) is 45.0 Å². The highest BCUT2D eigenvalue weighted by atomic mass is 32.2. The third kappa shape index (κ3) is 4.31. The van der Waals surface area contributed by atoms with E-state index in [4.69, 9.17) is 5.11 Å². The van der Waals surface area contributed by atoms with Crippen molar-refractivity contribution in [3.8, 4) is 5.75 Å². The van der Waals surface area contributed by atoms with Crippen LogP contribution in [0.15, 0.2) is 24.3 Å². The maximum atomic E-state index is 11.8. The zero-order valence-electron chi connectivity index (χ0n) is 11.1. The molecule has 18 heavy (non-hydrogen) atoms. The molecule has 102 valence electrons. The molecule has 0 aliphatic rings. The van der Waals surface area contributed by atoms with Crippen molar-refractivity contribution in [2.75, 3.05) is 12.3 Å². The fourth-order valence-electron chi connectivity index (χ4n) is 1.36. The Morgan fingerprint density at radius 2 is 1.72 bits per heavy atom. The van der Waals surface area contributed by atoms with Crippen molar-refractivity contribution in [2.45, 2.75) is 32.1 Å². The summed E-state index contributed by atoms with van der Waals surface area (Å²) in [7, 11) is -3.06. The van der Waals surface area contributed by atoms with Crippen LogP contribution in [0.4, 0.5) is 0 Å². The third-order valence-corrected chi connectivity index (χ3v) is 5.35. The van der Waals surface area contributed by atoms with E-state index >= 15 is 0 Å². The largest absolute Gasteiger partial charge is 0.508 e. The molecule has 0 spiro atoms. The molecule has 0 fully saturated rings. The number of rotatable bonds is 5. The highest BCUT2D eigenvalue weighted by Gasteiger charge is 2.27. The van der Waals surface area contributed by atoms with Gasteiger partial charge >= 0.3 is 0 Å². The molecule has 0 radical (unpaired) electrons. The van der Waals surface area contributed by atoms with Gasteiger partial charge in [0, 0.05) is 13.1 Å². The van der Waals surface area contributed by atoms with E-state index in [0.29, 0.717) is 13.1 Å². The molecule has 1 rings (SSSR count). The first kappa shape index (κ1) is 15.0.